The van der Waals surface area contributed by atoms with Gasteiger partial charge in [0.2, 0.25) is 0 Å². The molecule has 160 valence electrons. The van der Waals surface area contributed by atoms with E-state index in [4.69, 9.17) is 4.74 Å². The van der Waals surface area contributed by atoms with Crippen LogP contribution in [0.2, 0.25) is 0 Å². The van der Waals surface area contributed by atoms with Gasteiger partial charge in [0.05, 0.1) is 13.2 Å². The lowest BCUT2D eigenvalue weighted by Gasteiger charge is -2.28. The van der Waals surface area contributed by atoms with Crippen molar-refractivity contribution >= 4 is 11.6 Å². The fourth-order valence-corrected chi connectivity index (χ4v) is 3.80. The molecule has 3 heterocycles. The highest BCUT2D eigenvalue weighted by molar-refractivity contribution is 5.96. The fraction of sp³-hybridized carbons (Fsp3) is 0.292. The van der Waals surface area contributed by atoms with Gasteiger partial charge in [-0.1, -0.05) is 12.1 Å². The zero-order valence-corrected chi connectivity index (χ0v) is 17.2. The van der Waals surface area contributed by atoms with Crippen molar-refractivity contribution in [1.29, 1.82) is 0 Å². The van der Waals surface area contributed by atoms with Gasteiger partial charge in [0, 0.05) is 55.1 Å². The smallest absolute Gasteiger partial charge is 0.163 e. The first-order chi connectivity index (χ1) is 15.0. The number of pyridine rings is 2. The lowest BCUT2D eigenvalue weighted by atomic mass is 9.86. The number of halogens is 2. The third-order valence-electron chi connectivity index (χ3n) is 5.45. The summed E-state index contributed by atoms with van der Waals surface area (Å²) in [6, 6.07) is 10.5. The first-order valence-electron chi connectivity index (χ1n) is 10.2. The number of carbonyl (C=O) groups is 1. The molecule has 1 unspecified atom stereocenters. The van der Waals surface area contributed by atoms with Crippen LogP contribution < -0.4 is 4.90 Å². The molecule has 7 heteroatoms. The van der Waals surface area contributed by atoms with E-state index in [9.17, 15) is 13.6 Å². The van der Waals surface area contributed by atoms with E-state index in [-0.39, 0.29) is 17.8 Å². The van der Waals surface area contributed by atoms with Crippen LogP contribution in [0.5, 0.6) is 0 Å². The molecule has 1 aliphatic rings. The number of carbonyl (C=O) groups excluding carboxylic acids is 1. The molecule has 1 saturated heterocycles. The Kier molecular flexibility index (Phi) is 6.32. The van der Waals surface area contributed by atoms with Crippen LogP contribution in [0.3, 0.4) is 0 Å². The Hall–Kier alpha value is -3.19. The van der Waals surface area contributed by atoms with Gasteiger partial charge in [0.25, 0.3) is 0 Å². The standard InChI is InChI=1S/C24H23F2N3O2/c1-16-12-17(6-7-27-16)23(30)14-21(20-4-3-19(25)13-22(20)26)18-2-5-24(28-15-18)29-8-10-31-11-9-29/h2-7,12-13,15,21H,8-11,14H2,1H3. The molecule has 0 aliphatic carbocycles. The molecule has 0 bridgehead atoms. The number of aromatic nitrogens is 2. The van der Waals surface area contributed by atoms with Gasteiger partial charge < -0.3 is 9.64 Å². The van der Waals surface area contributed by atoms with Crippen LogP contribution in [-0.4, -0.2) is 42.1 Å². The van der Waals surface area contributed by atoms with Gasteiger partial charge in [-0.25, -0.2) is 13.8 Å². The van der Waals surface area contributed by atoms with Gasteiger partial charge in [-0.3, -0.25) is 9.78 Å². The minimum atomic E-state index is -0.680. The molecular formula is C24H23F2N3O2. The van der Waals surface area contributed by atoms with E-state index in [1.807, 2.05) is 19.1 Å². The Balaban J connectivity index is 1.65. The minimum Gasteiger partial charge on any atom is -0.378 e. The number of nitrogens with zero attached hydrogens (tertiary/aromatic N) is 3. The van der Waals surface area contributed by atoms with Crippen LogP contribution in [0.15, 0.2) is 54.9 Å². The second-order valence-corrected chi connectivity index (χ2v) is 7.58. The van der Waals surface area contributed by atoms with E-state index in [0.717, 1.165) is 30.7 Å². The molecule has 0 saturated carbocycles. The van der Waals surface area contributed by atoms with Crippen molar-refractivity contribution in [2.75, 3.05) is 31.2 Å². The van der Waals surface area contributed by atoms with E-state index < -0.39 is 17.6 Å². The van der Waals surface area contributed by atoms with Crippen LogP contribution in [0.4, 0.5) is 14.6 Å². The number of ether oxygens (including phenoxy) is 1. The summed E-state index contributed by atoms with van der Waals surface area (Å²) in [5, 5.41) is 0. The highest BCUT2D eigenvalue weighted by Gasteiger charge is 2.24. The molecule has 0 radical (unpaired) electrons. The first-order valence-corrected chi connectivity index (χ1v) is 10.2. The highest BCUT2D eigenvalue weighted by atomic mass is 19.1. The number of ketones is 1. The second kappa shape index (κ2) is 9.31. The number of hydrogen-bond donors (Lipinski definition) is 0. The topological polar surface area (TPSA) is 55.3 Å². The second-order valence-electron chi connectivity index (χ2n) is 7.58. The number of Topliss-reactive ketones (excluding diaryl/α,β-unsaturated/α-hetero) is 1. The lowest BCUT2D eigenvalue weighted by Crippen LogP contribution is -2.36. The van der Waals surface area contributed by atoms with Crippen molar-refractivity contribution in [3.05, 3.63) is 88.9 Å². The first kappa shape index (κ1) is 21.1. The number of morpholine rings is 1. The van der Waals surface area contributed by atoms with Crippen molar-refractivity contribution < 1.29 is 18.3 Å². The third kappa shape index (κ3) is 4.94. The maximum absolute atomic E-state index is 14.7. The highest BCUT2D eigenvalue weighted by Crippen LogP contribution is 2.32. The fourth-order valence-electron chi connectivity index (χ4n) is 3.80. The molecule has 5 nitrogen and oxygen atoms in total. The quantitative estimate of drug-likeness (QED) is 0.553. The van der Waals surface area contributed by atoms with Crippen LogP contribution in [0, 0.1) is 18.6 Å². The predicted molar refractivity (Wildman–Crippen MR) is 113 cm³/mol. The molecule has 1 aliphatic heterocycles. The molecular weight excluding hydrogens is 400 g/mol. The molecule has 1 atom stereocenters. The van der Waals surface area contributed by atoms with Gasteiger partial charge in [0.1, 0.15) is 17.5 Å². The summed E-state index contributed by atoms with van der Waals surface area (Å²) in [6.45, 7) is 4.60. The van der Waals surface area contributed by atoms with Crippen molar-refractivity contribution in [1.82, 2.24) is 9.97 Å². The van der Waals surface area contributed by atoms with E-state index in [2.05, 4.69) is 14.9 Å². The number of benzene rings is 1. The van der Waals surface area contributed by atoms with Crippen LogP contribution >= 0.6 is 0 Å². The Morgan fingerprint density at radius 3 is 2.58 bits per heavy atom. The molecule has 0 amide bonds. The predicted octanol–water partition coefficient (Wildman–Crippen LogP) is 4.30. The van der Waals surface area contributed by atoms with Gasteiger partial charge in [0.15, 0.2) is 5.78 Å². The average molecular weight is 423 g/mol. The molecule has 1 fully saturated rings. The summed E-state index contributed by atoms with van der Waals surface area (Å²) >= 11 is 0. The number of anilines is 1. The van der Waals surface area contributed by atoms with Crippen LogP contribution in [-0.2, 0) is 4.74 Å². The Bertz CT molecular complexity index is 1070. The SMILES string of the molecule is Cc1cc(C(=O)CC(c2ccc(N3CCOCC3)nc2)c2ccc(F)cc2F)ccn1. The maximum Gasteiger partial charge on any atom is 0.163 e. The lowest BCUT2D eigenvalue weighted by molar-refractivity contribution is 0.0977. The van der Waals surface area contributed by atoms with Crippen molar-refractivity contribution in [2.24, 2.45) is 0 Å². The van der Waals surface area contributed by atoms with E-state index in [1.165, 1.54) is 12.1 Å². The van der Waals surface area contributed by atoms with Crippen molar-refractivity contribution in [2.45, 2.75) is 19.3 Å². The van der Waals surface area contributed by atoms with E-state index in [1.54, 1.807) is 24.5 Å². The average Bonchev–Trinajstić information content (AvgIpc) is 2.78. The summed E-state index contributed by atoms with van der Waals surface area (Å²) < 4.78 is 33.5. The molecule has 3 aromatic rings. The molecule has 31 heavy (non-hydrogen) atoms. The van der Waals surface area contributed by atoms with E-state index >= 15 is 0 Å². The summed E-state index contributed by atoms with van der Waals surface area (Å²) in [6.07, 6.45) is 3.28. The molecule has 0 N–H and O–H groups in total. The summed E-state index contributed by atoms with van der Waals surface area (Å²) in [5.74, 6) is -1.26. The maximum atomic E-state index is 14.7. The summed E-state index contributed by atoms with van der Waals surface area (Å²) in [7, 11) is 0. The minimum absolute atomic E-state index is 0.0323. The molecule has 0 spiro atoms. The number of hydrogen-bond acceptors (Lipinski definition) is 5. The third-order valence-corrected chi connectivity index (χ3v) is 5.45. The van der Waals surface area contributed by atoms with Crippen molar-refractivity contribution in [3.8, 4) is 0 Å². The Morgan fingerprint density at radius 1 is 1.10 bits per heavy atom. The molecule has 1 aromatic carbocycles. The normalized spacial score (nSPS) is 15.0. The summed E-state index contributed by atoms with van der Waals surface area (Å²) in [5.41, 5.74) is 2.20. The summed E-state index contributed by atoms with van der Waals surface area (Å²) in [4.78, 5) is 23.8. The largest absolute Gasteiger partial charge is 0.378 e. The van der Waals surface area contributed by atoms with Crippen LogP contribution in [0.1, 0.15) is 39.5 Å². The zero-order valence-electron chi connectivity index (χ0n) is 17.2. The number of rotatable bonds is 6. The Labute approximate surface area is 179 Å². The van der Waals surface area contributed by atoms with Crippen LogP contribution in [0.25, 0.3) is 0 Å². The van der Waals surface area contributed by atoms with Gasteiger partial charge in [-0.15, -0.1) is 0 Å². The van der Waals surface area contributed by atoms with Gasteiger partial charge in [-0.05, 0) is 42.3 Å². The zero-order chi connectivity index (χ0) is 21.8. The monoisotopic (exact) mass is 423 g/mol. The Morgan fingerprint density at radius 2 is 1.90 bits per heavy atom. The van der Waals surface area contributed by atoms with Crippen molar-refractivity contribution in [3.63, 3.8) is 0 Å². The van der Waals surface area contributed by atoms with E-state index in [0.29, 0.717) is 24.3 Å². The molecule has 4 rings (SSSR count). The number of aryl methyl sites for hydroxylation is 1. The van der Waals surface area contributed by atoms with Gasteiger partial charge >= 0.3 is 0 Å². The van der Waals surface area contributed by atoms with Gasteiger partial charge in [-0.2, -0.15) is 0 Å². The molecule has 2 aromatic heterocycles.